The van der Waals surface area contributed by atoms with Gasteiger partial charge in [0.1, 0.15) is 5.75 Å². The molecule has 0 spiro atoms. The zero-order valence-corrected chi connectivity index (χ0v) is 12.3. The van der Waals surface area contributed by atoms with E-state index in [1.165, 1.54) is 0 Å². The van der Waals surface area contributed by atoms with E-state index >= 15 is 0 Å². The van der Waals surface area contributed by atoms with Crippen LogP contribution < -0.4 is 15.4 Å². The lowest BCUT2D eigenvalue weighted by atomic mass is 10.0. The molecule has 0 saturated heterocycles. The van der Waals surface area contributed by atoms with Crippen LogP contribution in [0.4, 0.5) is 5.69 Å². The van der Waals surface area contributed by atoms with Gasteiger partial charge in [0.2, 0.25) is 0 Å². The van der Waals surface area contributed by atoms with Crippen molar-refractivity contribution in [2.45, 2.75) is 6.04 Å². The number of amides is 1. The summed E-state index contributed by atoms with van der Waals surface area (Å²) in [7, 11) is 1.88. The van der Waals surface area contributed by atoms with Crippen molar-refractivity contribution >= 4 is 34.5 Å². The molecule has 1 unspecified atom stereocenters. The number of fused-ring (bicyclic) bond motifs is 1. The molecule has 0 radical (unpaired) electrons. The van der Waals surface area contributed by atoms with Crippen molar-refractivity contribution in [3.05, 3.63) is 45.1 Å². The molecule has 4 nitrogen and oxygen atoms in total. The fourth-order valence-corrected chi connectivity index (χ4v) is 3.54. The Morgan fingerprint density at radius 2 is 2.30 bits per heavy atom. The van der Waals surface area contributed by atoms with Crippen molar-refractivity contribution < 1.29 is 9.53 Å². The van der Waals surface area contributed by atoms with E-state index in [1.54, 1.807) is 11.3 Å². The molecule has 1 aromatic heterocycles. The fraction of sp³-hybridized carbons (Fsp3) is 0.214. The van der Waals surface area contributed by atoms with Gasteiger partial charge in [-0.25, -0.2) is 0 Å². The summed E-state index contributed by atoms with van der Waals surface area (Å²) in [6.45, 7) is 0.0680. The average Bonchev–Trinajstić information content (AvgIpc) is 2.86. The van der Waals surface area contributed by atoms with Gasteiger partial charge in [-0.3, -0.25) is 4.79 Å². The van der Waals surface area contributed by atoms with Crippen LogP contribution in [0.3, 0.4) is 0 Å². The molecule has 1 amide bonds. The van der Waals surface area contributed by atoms with Crippen LogP contribution >= 0.6 is 22.9 Å². The first-order valence-electron chi connectivity index (χ1n) is 6.16. The second-order valence-electron chi connectivity index (χ2n) is 4.45. The molecule has 6 heteroatoms. The Labute approximate surface area is 125 Å². The first-order valence-corrected chi connectivity index (χ1v) is 7.41. The van der Waals surface area contributed by atoms with Gasteiger partial charge in [0.05, 0.1) is 16.8 Å². The third-order valence-electron chi connectivity index (χ3n) is 3.17. The molecule has 20 heavy (non-hydrogen) atoms. The van der Waals surface area contributed by atoms with Crippen molar-refractivity contribution in [3.8, 4) is 5.75 Å². The zero-order valence-electron chi connectivity index (χ0n) is 10.8. The average molecular weight is 309 g/mol. The van der Waals surface area contributed by atoms with E-state index in [-0.39, 0.29) is 18.6 Å². The zero-order chi connectivity index (χ0) is 14.1. The number of thiophene rings is 1. The molecule has 1 aliphatic heterocycles. The molecule has 0 fully saturated rings. The molecule has 2 heterocycles. The summed E-state index contributed by atoms with van der Waals surface area (Å²) in [6.07, 6.45) is 0. The molecule has 2 aromatic rings. The maximum Gasteiger partial charge on any atom is 0.262 e. The number of anilines is 1. The third kappa shape index (κ3) is 2.40. The molecule has 0 aliphatic carbocycles. The number of hydrogen-bond donors (Lipinski definition) is 2. The molecule has 1 aliphatic rings. The van der Waals surface area contributed by atoms with Crippen molar-refractivity contribution in [1.29, 1.82) is 0 Å². The largest absolute Gasteiger partial charge is 0.482 e. The van der Waals surface area contributed by atoms with E-state index in [2.05, 4.69) is 10.6 Å². The van der Waals surface area contributed by atoms with Crippen LogP contribution in [0.5, 0.6) is 5.75 Å². The number of halogens is 1. The van der Waals surface area contributed by atoms with Gasteiger partial charge >= 0.3 is 0 Å². The second kappa shape index (κ2) is 5.44. The summed E-state index contributed by atoms with van der Waals surface area (Å²) in [5, 5.41) is 8.78. The highest BCUT2D eigenvalue weighted by atomic mass is 35.5. The summed E-state index contributed by atoms with van der Waals surface area (Å²) >= 11 is 7.81. The SMILES string of the molecule is CNC(c1ccc2c(c1)NC(=O)CO2)c1sccc1Cl. The molecule has 1 atom stereocenters. The highest BCUT2D eigenvalue weighted by molar-refractivity contribution is 7.10. The molecule has 104 valence electrons. The Morgan fingerprint density at radius 3 is 3.00 bits per heavy atom. The number of hydrogen-bond acceptors (Lipinski definition) is 4. The second-order valence-corrected chi connectivity index (χ2v) is 5.80. The van der Waals surface area contributed by atoms with Crippen molar-refractivity contribution in [1.82, 2.24) is 5.32 Å². The molecule has 0 saturated carbocycles. The summed E-state index contributed by atoms with van der Waals surface area (Å²) in [4.78, 5) is 12.4. The lowest BCUT2D eigenvalue weighted by Crippen LogP contribution is -2.26. The molecule has 0 bridgehead atoms. The summed E-state index contributed by atoms with van der Waals surface area (Å²) < 4.78 is 5.36. The van der Waals surface area contributed by atoms with Crippen LogP contribution in [0.2, 0.25) is 5.02 Å². The minimum atomic E-state index is -0.134. The van der Waals surface area contributed by atoms with E-state index in [9.17, 15) is 4.79 Å². The number of carbonyl (C=O) groups is 1. The number of carbonyl (C=O) groups excluding carboxylic acids is 1. The lowest BCUT2D eigenvalue weighted by Gasteiger charge is -2.21. The van der Waals surface area contributed by atoms with Gasteiger partial charge in [-0.1, -0.05) is 17.7 Å². The monoisotopic (exact) mass is 308 g/mol. The lowest BCUT2D eigenvalue weighted by molar-refractivity contribution is -0.118. The van der Waals surface area contributed by atoms with Crippen LogP contribution in [-0.2, 0) is 4.79 Å². The van der Waals surface area contributed by atoms with Crippen molar-refractivity contribution in [3.63, 3.8) is 0 Å². The van der Waals surface area contributed by atoms with Gasteiger partial charge in [-0.2, -0.15) is 0 Å². The smallest absolute Gasteiger partial charge is 0.262 e. The minimum Gasteiger partial charge on any atom is -0.482 e. The van der Waals surface area contributed by atoms with Crippen LogP contribution in [-0.4, -0.2) is 19.6 Å². The Bertz CT molecular complexity index is 656. The molecular weight excluding hydrogens is 296 g/mol. The summed E-state index contributed by atoms with van der Waals surface area (Å²) in [6, 6.07) is 7.65. The van der Waals surface area contributed by atoms with E-state index in [0.29, 0.717) is 11.4 Å². The van der Waals surface area contributed by atoms with Gasteiger partial charge in [-0.15, -0.1) is 11.3 Å². The Kier molecular flexibility index (Phi) is 3.65. The normalized spacial score (nSPS) is 15.2. The Hall–Kier alpha value is -1.56. The number of benzene rings is 1. The minimum absolute atomic E-state index is 0.00775. The molecule has 3 rings (SSSR count). The number of rotatable bonds is 3. The molecule has 2 N–H and O–H groups in total. The van der Waals surface area contributed by atoms with Crippen LogP contribution in [0.25, 0.3) is 0 Å². The van der Waals surface area contributed by atoms with Crippen LogP contribution in [0.1, 0.15) is 16.5 Å². The fourth-order valence-electron chi connectivity index (χ4n) is 2.24. The maximum absolute atomic E-state index is 11.4. The van der Waals surface area contributed by atoms with Gasteiger partial charge < -0.3 is 15.4 Å². The van der Waals surface area contributed by atoms with E-state index in [0.717, 1.165) is 15.5 Å². The van der Waals surface area contributed by atoms with E-state index in [4.69, 9.17) is 16.3 Å². The highest BCUT2D eigenvalue weighted by Crippen LogP contribution is 2.36. The predicted molar refractivity (Wildman–Crippen MR) is 80.8 cm³/mol. The van der Waals surface area contributed by atoms with Crippen LogP contribution in [0.15, 0.2) is 29.6 Å². The first-order chi connectivity index (χ1) is 9.69. The number of nitrogens with one attached hydrogen (secondary N) is 2. The van der Waals surface area contributed by atoms with E-state index < -0.39 is 0 Å². The van der Waals surface area contributed by atoms with Gasteiger partial charge in [0.25, 0.3) is 5.91 Å². The molecular formula is C14H13ClN2O2S. The third-order valence-corrected chi connectivity index (χ3v) is 4.59. The highest BCUT2D eigenvalue weighted by Gasteiger charge is 2.21. The standard InChI is InChI=1S/C14H13ClN2O2S/c1-16-13(14-9(15)4-5-20-14)8-2-3-11-10(6-8)17-12(18)7-19-11/h2-6,13,16H,7H2,1H3,(H,17,18). The Balaban J connectivity index is 1.99. The summed E-state index contributed by atoms with van der Waals surface area (Å²) in [5.74, 6) is 0.560. The van der Waals surface area contributed by atoms with Crippen molar-refractivity contribution in [2.75, 3.05) is 19.0 Å². The predicted octanol–water partition coefficient (Wildman–Crippen LogP) is 3.04. The summed E-state index contributed by atoms with van der Waals surface area (Å²) in [5.41, 5.74) is 1.73. The first kappa shape index (κ1) is 13.4. The van der Waals surface area contributed by atoms with E-state index in [1.807, 2.05) is 36.7 Å². The van der Waals surface area contributed by atoms with Gasteiger partial charge in [0.15, 0.2) is 6.61 Å². The van der Waals surface area contributed by atoms with Crippen LogP contribution in [0, 0.1) is 0 Å². The number of ether oxygens (including phenoxy) is 1. The Morgan fingerprint density at radius 1 is 1.45 bits per heavy atom. The van der Waals surface area contributed by atoms with Crippen molar-refractivity contribution in [2.24, 2.45) is 0 Å². The topological polar surface area (TPSA) is 50.4 Å². The maximum atomic E-state index is 11.4. The quantitative estimate of drug-likeness (QED) is 0.916. The van der Waals surface area contributed by atoms with Gasteiger partial charge in [-0.05, 0) is 36.2 Å². The van der Waals surface area contributed by atoms with Gasteiger partial charge in [0, 0.05) is 4.88 Å². The molecule has 1 aromatic carbocycles.